The van der Waals surface area contributed by atoms with E-state index in [1.807, 2.05) is 6.20 Å². The van der Waals surface area contributed by atoms with Crippen LogP contribution in [0.25, 0.3) is 11.5 Å². The molecule has 0 unspecified atom stereocenters. The van der Waals surface area contributed by atoms with Crippen LogP contribution in [0.3, 0.4) is 0 Å². The van der Waals surface area contributed by atoms with Crippen molar-refractivity contribution < 1.29 is 0 Å². The third kappa shape index (κ3) is 2.11. The van der Waals surface area contributed by atoms with Gasteiger partial charge in [0, 0.05) is 6.54 Å². The highest BCUT2D eigenvalue weighted by molar-refractivity contribution is 5.85. The summed E-state index contributed by atoms with van der Waals surface area (Å²) < 4.78 is 1.81. The quantitative estimate of drug-likeness (QED) is 0.831. The van der Waals surface area contributed by atoms with Crippen LogP contribution in [0.15, 0.2) is 18.9 Å². The van der Waals surface area contributed by atoms with Crippen molar-refractivity contribution in [3.63, 3.8) is 0 Å². The van der Waals surface area contributed by atoms with Crippen LogP contribution in [0, 0.1) is 0 Å². The van der Waals surface area contributed by atoms with Crippen LogP contribution in [-0.2, 0) is 0 Å². The van der Waals surface area contributed by atoms with Gasteiger partial charge in [0.05, 0.1) is 6.20 Å². The third-order valence-corrected chi connectivity index (χ3v) is 1.72. The molecule has 2 heterocycles. The number of fused-ring (bicyclic) bond motifs is 1. The zero-order valence-electron chi connectivity index (χ0n) is 7.84. The lowest BCUT2D eigenvalue weighted by Crippen LogP contribution is -2.16. The van der Waals surface area contributed by atoms with Crippen LogP contribution in [0.1, 0.15) is 13.3 Å². The SMILES string of the molecule is CCCNn1cnc2ncnc-2c1.Cl. The van der Waals surface area contributed by atoms with Crippen molar-refractivity contribution in [1.29, 1.82) is 0 Å². The van der Waals surface area contributed by atoms with Crippen LogP contribution in [0.4, 0.5) is 0 Å². The Balaban J connectivity index is 0.000000980. The Labute approximate surface area is 88.3 Å². The van der Waals surface area contributed by atoms with Gasteiger partial charge in [-0.25, -0.2) is 15.0 Å². The highest BCUT2D eigenvalue weighted by Crippen LogP contribution is 2.10. The summed E-state index contributed by atoms with van der Waals surface area (Å²) in [7, 11) is 0. The molecule has 2 rings (SSSR count). The van der Waals surface area contributed by atoms with Gasteiger partial charge >= 0.3 is 0 Å². The second-order valence-electron chi connectivity index (χ2n) is 2.77. The first-order valence-electron chi connectivity index (χ1n) is 4.28. The van der Waals surface area contributed by atoms with Crippen molar-refractivity contribution in [2.45, 2.75) is 13.3 Å². The molecule has 0 aliphatic carbocycles. The maximum absolute atomic E-state index is 4.12. The van der Waals surface area contributed by atoms with Crippen molar-refractivity contribution in [3.05, 3.63) is 18.9 Å². The van der Waals surface area contributed by atoms with Gasteiger partial charge in [-0.1, -0.05) is 6.92 Å². The van der Waals surface area contributed by atoms with E-state index in [1.54, 1.807) is 11.0 Å². The average Bonchev–Trinajstić information content (AvgIpc) is 2.61. The number of nitrogens with one attached hydrogen (secondary N) is 1. The lowest BCUT2D eigenvalue weighted by molar-refractivity contribution is 0.782. The summed E-state index contributed by atoms with van der Waals surface area (Å²) in [5.74, 6) is 0.689. The van der Waals surface area contributed by atoms with Crippen molar-refractivity contribution in [2.75, 3.05) is 12.0 Å². The van der Waals surface area contributed by atoms with E-state index in [-0.39, 0.29) is 12.4 Å². The van der Waals surface area contributed by atoms with Gasteiger partial charge in [0.2, 0.25) is 0 Å². The zero-order chi connectivity index (χ0) is 9.10. The number of hydrogen-bond acceptors (Lipinski definition) is 4. The standard InChI is InChI=1S/C8H11N5.ClH/c1-2-3-12-13-4-7-8(11-6-13)10-5-9-7;/h4-6,12H,2-3H2,1H3;1H. The van der Waals surface area contributed by atoms with E-state index in [9.17, 15) is 0 Å². The van der Waals surface area contributed by atoms with Crippen molar-refractivity contribution in [3.8, 4) is 11.5 Å². The van der Waals surface area contributed by atoms with E-state index in [2.05, 4.69) is 27.3 Å². The molecule has 0 fully saturated rings. The van der Waals surface area contributed by atoms with Crippen molar-refractivity contribution >= 4 is 12.4 Å². The molecule has 0 aromatic carbocycles. The Hall–Kier alpha value is -1.36. The third-order valence-electron chi connectivity index (χ3n) is 1.72. The summed E-state index contributed by atoms with van der Waals surface area (Å²) in [6, 6.07) is 0. The predicted molar refractivity (Wildman–Crippen MR) is 56.2 cm³/mol. The van der Waals surface area contributed by atoms with Gasteiger partial charge in [-0.3, -0.25) is 4.68 Å². The first-order valence-corrected chi connectivity index (χ1v) is 4.28. The van der Waals surface area contributed by atoms with Gasteiger partial charge in [0.1, 0.15) is 18.3 Å². The largest absolute Gasteiger partial charge is 0.325 e. The Morgan fingerprint density at radius 3 is 3.00 bits per heavy atom. The highest BCUT2D eigenvalue weighted by atomic mass is 35.5. The molecule has 76 valence electrons. The fourth-order valence-electron chi connectivity index (χ4n) is 1.07. The lowest BCUT2D eigenvalue weighted by atomic mass is 10.4. The molecular weight excluding hydrogens is 202 g/mol. The van der Waals surface area contributed by atoms with E-state index >= 15 is 0 Å². The molecule has 2 aliphatic heterocycles. The first kappa shape index (κ1) is 10.7. The molecule has 0 amide bonds. The molecule has 0 aromatic heterocycles. The lowest BCUT2D eigenvalue weighted by Gasteiger charge is -2.08. The summed E-state index contributed by atoms with van der Waals surface area (Å²) in [6.07, 6.45) is 6.18. The Morgan fingerprint density at radius 1 is 1.36 bits per heavy atom. The normalized spacial score (nSPS) is 9.79. The number of nitrogens with zero attached hydrogens (tertiary/aromatic N) is 4. The molecule has 0 atom stereocenters. The van der Waals surface area contributed by atoms with Gasteiger partial charge in [-0.15, -0.1) is 12.4 Å². The van der Waals surface area contributed by atoms with E-state index in [1.165, 1.54) is 6.33 Å². The molecule has 6 heteroatoms. The maximum Gasteiger partial charge on any atom is 0.182 e. The highest BCUT2D eigenvalue weighted by Gasteiger charge is 2.05. The monoisotopic (exact) mass is 213 g/mol. The molecule has 0 saturated heterocycles. The number of rotatable bonds is 3. The van der Waals surface area contributed by atoms with Crippen LogP contribution in [0.5, 0.6) is 0 Å². The van der Waals surface area contributed by atoms with Gasteiger partial charge in [-0.05, 0) is 6.42 Å². The van der Waals surface area contributed by atoms with Crippen LogP contribution in [0.2, 0.25) is 0 Å². The molecule has 14 heavy (non-hydrogen) atoms. The van der Waals surface area contributed by atoms with E-state index in [0.717, 1.165) is 18.7 Å². The predicted octanol–water partition coefficient (Wildman–Crippen LogP) is 1.15. The number of aromatic nitrogens is 4. The Kier molecular flexibility index (Phi) is 3.64. The molecule has 0 bridgehead atoms. The Morgan fingerprint density at radius 2 is 2.21 bits per heavy atom. The van der Waals surface area contributed by atoms with Gasteiger partial charge < -0.3 is 5.43 Å². The molecule has 0 spiro atoms. The Bertz CT molecular complexity index is 361. The van der Waals surface area contributed by atoms with Crippen LogP contribution < -0.4 is 5.43 Å². The van der Waals surface area contributed by atoms with E-state index in [0.29, 0.717) is 5.82 Å². The van der Waals surface area contributed by atoms with Crippen LogP contribution >= 0.6 is 12.4 Å². The maximum atomic E-state index is 4.12. The molecule has 2 aliphatic rings. The van der Waals surface area contributed by atoms with Crippen molar-refractivity contribution in [2.24, 2.45) is 0 Å². The molecule has 0 aromatic rings. The van der Waals surface area contributed by atoms with Crippen molar-refractivity contribution in [1.82, 2.24) is 19.6 Å². The minimum absolute atomic E-state index is 0. The molecule has 1 N–H and O–H groups in total. The average molecular weight is 214 g/mol. The minimum atomic E-state index is 0. The summed E-state index contributed by atoms with van der Waals surface area (Å²) in [4.78, 5) is 12.2. The summed E-state index contributed by atoms with van der Waals surface area (Å²) in [6.45, 7) is 3.04. The zero-order valence-corrected chi connectivity index (χ0v) is 8.66. The van der Waals surface area contributed by atoms with Gasteiger partial charge in [-0.2, -0.15) is 0 Å². The van der Waals surface area contributed by atoms with E-state index in [4.69, 9.17) is 0 Å². The molecule has 0 radical (unpaired) electrons. The number of halogens is 1. The fraction of sp³-hybridized carbons (Fsp3) is 0.375. The molecular formula is C8H12ClN5. The smallest absolute Gasteiger partial charge is 0.182 e. The second kappa shape index (κ2) is 4.76. The first-order chi connectivity index (χ1) is 6.40. The topological polar surface area (TPSA) is 55.6 Å². The summed E-state index contributed by atoms with van der Waals surface area (Å²) in [5, 5.41) is 0. The molecule has 0 saturated carbocycles. The minimum Gasteiger partial charge on any atom is -0.325 e. The van der Waals surface area contributed by atoms with Crippen LogP contribution in [-0.4, -0.2) is 26.2 Å². The fourth-order valence-corrected chi connectivity index (χ4v) is 1.07. The second-order valence-corrected chi connectivity index (χ2v) is 2.77. The summed E-state index contributed by atoms with van der Waals surface area (Å²) in [5.41, 5.74) is 3.97. The number of imidazole rings is 1. The number of hydrogen-bond donors (Lipinski definition) is 1. The van der Waals surface area contributed by atoms with E-state index < -0.39 is 0 Å². The van der Waals surface area contributed by atoms with Gasteiger partial charge in [0.25, 0.3) is 0 Å². The molecule has 5 nitrogen and oxygen atoms in total. The summed E-state index contributed by atoms with van der Waals surface area (Å²) >= 11 is 0. The van der Waals surface area contributed by atoms with Gasteiger partial charge in [0.15, 0.2) is 5.82 Å².